The smallest absolute Gasteiger partial charge is 0.137 e. The summed E-state index contributed by atoms with van der Waals surface area (Å²) in [5.74, 6) is 1.74. The standard InChI is InChI=1S/C12H15BrO2/c1-8(2)14-10-4-3-5-11(12(10)13)15-9-6-7-9/h3-5,8-9H,6-7H2,1-2H3. The summed E-state index contributed by atoms with van der Waals surface area (Å²) in [6, 6.07) is 5.87. The molecule has 1 aromatic carbocycles. The van der Waals surface area contributed by atoms with Crippen molar-refractivity contribution in [3.8, 4) is 11.5 Å². The molecular formula is C12H15BrO2. The first kappa shape index (κ1) is 10.8. The Balaban J connectivity index is 2.15. The molecule has 0 heterocycles. The van der Waals surface area contributed by atoms with E-state index in [0.29, 0.717) is 6.10 Å². The summed E-state index contributed by atoms with van der Waals surface area (Å²) in [5.41, 5.74) is 0. The summed E-state index contributed by atoms with van der Waals surface area (Å²) in [7, 11) is 0. The third kappa shape index (κ3) is 2.88. The topological polar surface area (TPSA) is 18.5 Å². The average molecular weight is 271 g/mol. The molecule has 1 aliphatic carbocycles. The molecule has 1 saturated carbocycles. The van der Waals surface area contributed by atoms with Crippen LogP contribution in [-0.2, 0) is 0 Å². The van der Waals surface area contributed by atoms with Gasteiger partial charge in [0.1, 0.15) is 16.0 Å². The summed E-state index contributed by atoms with van der Waals surface area (Å²) in [4.78, 5) is 0. The van der Waals surface area contributed by atoms with Crippen LogP contribution in [0.4, 0.5) is 0 Å². The van der Waals surface area contributed by atoms with E-state index in [2.05, 4.69) is 15.9 Å². The van der Waals surface area contributed by atoms with Crippen molar-refractivity contribution in [2.45, 2.75) is 38.9 Å². The molecule has 3 heteroatoms. The van der Waals surface area contributed by atoms with E-state index in [-0.39, 0.29) is 6.10 Å². The van der Waals surface area contributed by atoms with Crippen molar-refractivity contribution in [2.75, 3.05) is 0 Å². The van der Waals surface area contributed by atoms with Gasteiger partial charge < -0.3 is 9.47 Å². The van der Waals surface area contributed by atoms with Crippen molar-refractivity contribution in [1.82, 2.24) is 0 Å². The Labute approximate surface area is 98.7 Å². The van der Waals surface area contributed by atoms with Gasteiger partial charge in [-0.15, -0.1) is 0 Å². The third-order valence-corrected chi connectivity index (χ3v) is 2.89. The zero-order valence-electron chi connectivity index (χ0n) is 9.00. The van der Waals surface area contributed by atoms with Crippen molar-refractivity contribution < 1.29 is 9.47 Å². The van der Waals surface area contributed by atoms with Crippen molar-refractivity contribution in [2.24, 2.45) is 0 Å². The largest absolute Gasteiger partial charge is 0.490 e. The van der Waals surface area contributed by atoms with Gasteiger partial charge in [0.25, 0.3) is 0 Å². The first-order chi connectivity index (χ1) is 7.16. The molecule has 0 amide bonds. The molecule has 82 valence electrons. The molecule has 2 nitrogen and oxygen atoms in total. The Hall–Kier alpha value is -0.700. The number of hydrogen-bond donors (Lipinski definition) is 0. The van der Waals surface area contributed by atoms with Gasteiger partial charge in [0.15, 0.2) is 0 Å². The van der Waals surface area contributed by atoms with Gasteiger partial charge in [-0.05, 0) is 54.8 Å². The lowest BCUT2D eigenvalue weighted by Crippen LogP contribution is -2.06. The lowest BCUT2D eigenvalue weighted by molar-refractivity contribution is 0.237. The molecular weight excluding hydrogens is 256 g/mol. The Morgan fingerprint density at radius 2 is 1.93 bits per heavy atom. The highest BCUT2D eigenvalue weighted by atomic mass is 79.9. The molecule has 0 aromatic heterocycles. The number of hydrogen-bond acceptors (Lipinski definition) is 2. The van der Waals surface area contributed by atoms with E-state index in [9.17, 15) is 0 Å². The second-order valence-electron chi connectivity index (χ2n) is 4.05. The summed E-state index contributed by atoms with van der Waals surface area (Å²) >= 11 is 3.52. The van der Waals surface area contributed by atoms with Crippen LogP contribution in [0.15, 0.2) is 22.7 Å². The Kier molecular flexibility index (Phi) is 3.19. The van der Waals surface area contributed by atoms with E-state index in [1.54, 1.807) is 0 Å². The van der Waals surface area contributed by atoms with Crippen LogP contribution >= 0.6 is 15.9 Å². The molecule has 0 unspecified atom stereocenters. The fraction of sp³-hybridized carbons (Fsp3) is 0.500. The number of ether oxygens (including phenoxy) is 2. The number of halogens is 1. The zero-order valence-corrected chi connectivity index (χ0v) is 10.6. The molecule has 15 heavy (non-hydrogen) atoms. The normalized spacial score (nSPS) is 15.5. The van der Waals surface area contributed by atoms with Gasteiger partial charge >= 0.3 is 0 Å². The minimum Gasteiger partial charge on any atom is -0.490 e. The van der Waals surface area contributed by atoms with Crippen LogP contribution in [0.1, 0.15) is 26.7 Å². The van der Waals surface area contributed by atoms with E-state index < -0.39 is 0 Å². The van der Waals surface area contributed by atoms with Gasteiger partial charge in [-0.3, -0.25) is 0 Å². The van der Waals surface area contributed by atoms with E-state index in [0.717, 1.165) is 16.0 Å². The predicted molar refractivity (Wildman–Crippen MR) is 63.6 cm³/mol. The fourth-order valence-corrected chi connectivity index (χ4v) is 1.74. The van der Waals surface area contributed by atoms with Crippen molar-refractivity contribution in [1.29, 1.82) is 0 Å². The van der Waals surface area contributed by atoms with Crippen LogP contribution in [0.3, 0.4) is 0 Å². The SMILES string of the molecule is CC(C)Oc1cccc(OC2CC2)c1Br. The highest BCUT2D eigenvalue weighted by Gasteiger charge is 2.24. The average Bonchev–Trinajstić information content (AvgIpc) is 2.95. The Morgan fingerprint density at radius 1 is 1.27 bits per heavy atom. The minimum absolute atomic E-state index is 0.178. The highest BCUT2D eigenvalue weighted by Crippen LogP contribution is 2.37. The van der Waals surface area contributed by atoms with E-state index in [1.807, 2.05) is 32.0 Å². The second-order valence-corrected chi connectivity index (χ2v) is 4.85. The first-order valence-corrected chi connectivity index (χ1v) is 6.08. The summed E-state index contributed by atoms with van der Waals surface area (Å²) < 4.78 is 12.3. The van der Waals surface area contributed by atoms with Crippen LogP contribution < -0.4 is 9.47 Å². The third-order valence-electron chi connectivity index (χ3n) is 2.11. The highest BCUT2D eigenvalue weighted by molar-refractivity contribution is 9.10. The molecule has 1 fully saturated rings. The quantitative estimate of drug-likeness (QED) is 0.829. The lowest BCUT2D eigenvalue weighted by Gasteiger charge is -2.14. The molecule has 0 bridgehead atoms. The van der Waals surface area contributed by atoms with Gasteiger partial charge in [0, 0.05) is 0 Å². The monoisotopic (exact) mass is 270 g/mol. The molecule has 0 N–H and O–H groups in total. The molecule has 0 aliphatic heterocycles. The lowest BCUT2D eigenvalue weighted by atomic mass is 10.3. The zero-order chi connectivity index (χ0) is 10.8. The Morgan fingerprint density at radius 3 is 2.53 bits per heavy atom. The molecule has 0 atom stereocenters. The van der Waals surface area contributed by atoms with Gasteiger partial charge in [-0.2, -0.15) is 0 Å². The number of benzene rings is 1. The van der Waals surface area contributed by atoms with Crippen LogP contribution in [0, 0.1) is 0 Å². The summed E-state index contributed by atoms with van der Waals surface area (Å²) in [5, 5.41) is 0. The van der Waals surface area contributed by atoms with E-state index >= 15 is 0 Å². The molecule has 0 spiro atoms. The van der Waals surface area contributed by atoms with Crippen molar-refractivity contribution in [3.05, 3.63) is 22.7 Å². The second kappa shape index (κ2) is 4.44. The first-order valence-electron chi connectivity index (χ1n) is 5.28. The van der Waals surface area contributed by atoms with Crippen molar-refractivity contribution in [3.63, 3.8) is 0 Å². The molecule has 0 radical (unpaired) electrons. The van der Waals surface area contributed by atoms with Gasteiger partial charge in [0.2, 0.25) is 0 Å². The fourth-order valence-electron chi connectivity index (χ4n) is 1.29. The summed E-state index contributed by atoms with van der Waals surface area (Å²) in [6.07, 6.45) is 2.93. The maximum atomic E-state index is 5.75. The van der Waals surface area contributed by atoms with Crippen LogP contribution in [-0.4, -0.2) is 12.2 Å². The molecule has 2 rings (SSSR count). The molecule has 1 aliphatic rings. The van der Waals surface area contributed by atoms with Crippen LogP contribution in [0.5, 0.6) is 11.5 Å². The minimum atomic E-state index is 0.178. The van der Waals surface area contributed by atoms with Gasteiger partial charge in [-0.1, -0.05) is 6.07 Å². The van der Waals surface area contributed by atoms with Crippen LogP contribution in [0.2, 0.25) is 0 Å². The summed E-state index contributed by atoms with van der Waals surface area (Å²) in [6.45, 7) is 4.03. The maximum absolute atomic E-state index is 5.75. The van der Waals surface area contributed by atoms with Crippen molar-refractivity contribution >= 4 is 15.9 Å². The molecule has 0 saturated heterocycles. The van der Waals surface area contributed by atoms with Gasteiger partial charge in [0.05, 0.1) is 12.2 Å². The van der Waals surface area contributed by atoms with E-state index in [1.165, 1.54) is 12.8 Å². The Bertz CT molecular complexity index is 323. The number of rotatable bonds is 4. The molecule has 1 aromatic rings. The predicted octanol–water partition coefficient (Wildman–Crippen LogP) is 3.78. The van der Waals surface area contributed by atoms with Crippen LogP contribution in [0.25, 0.3) is 0 Å². The maximum Gasteiger partial charge on any atom is 0.137 e. The van der Waals surface area contributed by atoms with E-state index in [4.69, 9.17) is 9.47 Å². The van der Waals surface area contributed by atoms with Gasteiger partial charge in [-0.25, -0.2) is 0 Å².